The van der Waals surface area contributed by atoms with Crippen molar-refractivity contribution in [2.45, 2.75) is 31.4 Å². The molecule has 2 aliphatic heterocycles. The molecule has 1 aromatic heterocycles. The van der Waals surface area contributed by atoms with Gasteiger partial charge in [0.1, 0.15) is 5.82 Å². The molecular formula is C19H18F4N4O. The van der Waals surface area contributed by atoms with Crippen LogP contribution in [0.3, 0.4) is 0 Å². The quantitative estimate of drug-likeness (QED) is 0.792. The highest BCUT2D eigenvalue weighted by Crippen LogP contribution is 2.39. The first-order valence-electron chi connectivity index (χ1n) is 9.07. The summed E-state index contributed by atoms with van der Waals surface area (Å²) < 4.78 is 53.2. The van der Waals surface area contributed by atoms with Gasteiger partial charge in [0.2, 0.25) is 0 Å². The fourth-order valence-corrected chi connectivity index (χ4v) is 3.92. The van der Waals surface area contributed by atoms with Crippen molar-refractivity contribution in [2.24, 2.45) is 4.99 Å². The van der Waals surface area contributed by atoms with Crippen molar-refractivity contribution in [2.75, 3.05) is 19.6 Å². The number of carbonyl (C=O) groups is 1. The maximum absolute atomic E-state index is 13.3. The summed E-state index contributed by atoms with van der Waals surface area (Å²) in [6.07, 6.45) is -1.56. The van der Waals surface area contributed by atoms with E-state index in [9.17, 15) is 22.4 Å². The number of nitrogens with one attached hydrogen (secondary N) is 1. The number of fused-ring (bicyclic) bond motifs is 1. The van der Waals surface area contributed by atoms with E-state index in [1.165, 1.54) is 6.07 Å². The van der Waals surface area contributed by atoms with Crippen molar-refractivity contribution in [3.63, 3.8) is 0 Å². The monoisotopic (exact) mass is 394 g/mol. The number of carbonyl (C=O) groups excluding carboxylic acids is 1. The van der Waals surface area contributed by atoms with Crippen LogP contribution in [0.4, 0.5) is 17.6 Å². The maximum Gasteiger partial charge on any atom is 0.416 e. The first-order valence-corrected chi connectivity index (χ1v) is 9.07. The van der Waals surface area contributed by atoms with E-state index in [1.807, 2.05) is 0 Å². The van der Waals surface area contributed by atoms with Crippen LogP contribution in [0.25, 0.3) is 0 Å². The second kappa shape index (κ2) is 7.03. The molecular weight excluding hydrogens is 376 g/mol. The van der Waals surface area contributed by atoms with Gasteiger partial charge in [-0.3, -0.25) is 14.9 Å². The largest absolute Gasteiger partial charge is 0.416 e. The molecule has 4 rings (SSSR count). The second-order valence-electron chi connectivity index (χ2n) is 7.05. The van der Waals surface area contributed by atoms with Gasteiger partial charge in [-0.2, -0.15) is 18.3 Å². The van der Waals surface area contributed by atoms with Gasteiger partial charge in [0.05, 0.1) is 11.3 Å². The molecule has 1 fully saturated rings. The zero-order chi connectivity index (χ0) is 19.9. The number of alkyl halides is 3. The van der Waals surface area contributed by atoms with Crippen molar-refractivity contribution in [1.82, 2.24) is 15.1 Å². The molecule has 0 radical (unpaired) electrons. The predicted molar refractivity (Wildman–Crippen MR) is 94.0 cm³/mol. The number of piperidine rings is 1. The van der Waals surface area contributed by atoms with Crippen LogP contribution < -0.4 is 0 Å². The molecule has 0 aliphatic carbocycles. The Balaban J connectivity index is 1.49. The Hall–Kier alpha value is -2.71. The maximum atomic E-state index is 13.3. The molecule has 1 aromatic carbocycles. The number of H-pyrrole nitrogens is 1. The predicted octanol–water partition coefficient (Wildman–Crippen LogP) is 3.56. The van der Waals surface area contributed by atoms with Crippen molar-refractivity contribution in [3.8, 4) is 0 Å². The summed E-state index contributed by atoms with van der Waals surface area (Å²) in [6, 6.07) is 2.81. The lowest BCUT2D eigenvalue weighted by Gasteiger charge is -2.33. The van der Waals surface area contributed by atoms with Gasteiger partial charge in [-0.1, -0.05) is 6.07 Å². The Morgan fingerprint density at radius 3 is 2.68 bits per heavy atom. The molecule has 28 heavy (non-hydrogen) atoms. The van der Waals surface area contributed by atoms with Gasteiger partial charge >= 0.3 is 6.18 Å². The van der Waals surface area contributed by atoms with Crippen molar-refractivity contribution in [1.29, 1.82) is 0 Å². The van der Waals surface area contributed by atoms with Gasteiger partial charge < -0.3 is 4.90 Å². The molecule has 0 bridgehead atoms. The number of hydrogen-bond donors (Lipinski definition) is 1. The topological polar surface area (TPSA) is 61.4 Å². The number of halogens is 4. The smallest absolute Gasteiger partial charge is 0.337 e. The fourth-order valence-electron chi connectivity index (χ4n) is 3.92. The number of benzene rings is 1. The Kier molecular flexibility index (Phi) is 4.68. The molecule has 0 saturated carbocycles. The van der Waals surface area contributed by atoms with Crippen LogP contribution in [0.2, 0.25) is 0 Å². The molecule has 2 aliphatic rings. The zero-order valence-electron chi connectivity index (χ0n) is 14.9. The number of aliphatic imine (C=N–C) groups is 1. The minimum atomic E-state index is -4.61. The molecule has 5 nitrogen and oxygen atoms in total. The van der Waals surface area contributed by atoms with E-state index in [0.717, 1.165) is 17.3 Å². The standard InChI is InChI=1S/C19H18F4N4O/c20-12-1-2-13(15(9-12)19(21,22)23)11-4-7-27(8-5-11)18(28)17-14-3-6-24-10-16(14)25-26-17/h1-2,9-11H,3-8H2,(H,25,26). The molecule has 0 unspecified atom stereocenters. The zero-order valence-corrected chi connectivity index (χ0v) is 14.9. The van der Waals surface area contributed by atoms with Gasteiger partial charge in [-0.25, -0.2) is 4.39 Å². The molecule has 9 heteroatoms. The van der Waals surface area contributed by atoms with Crippen LogP contribution in [0, 0.1) is 5.82 Å². The number of likely N-dealkylation sites (tertiary alicyclic amines) is 1. The van der Waals surface area contributed by atoms with Gasteiger partial charge in [0, 0.05) is 31.4 Å². The van der Waals surface area contributed by atoms with E-state index >= 15 is 0 Å². The SMILES string of the molecule is O=C(c1n[nH]c2c1CCN=C2)N1CCC(c2ccc(F)cc2C(F)(F)F)CC1. The minimum Gasteiger partial charge on any atom is -0.337 e. The van der Waals surface area contributed by atoms with E-state index < -0.39 is 17.6 Å². The summed E-state index contributed by atoms with van der Waals surface area (Å²) in [5.41, 5.74) is 1.08. The van der Waals surface area contributed by atoms with Crippen LogP contribution >= 0.6 is 0 Å². The first-order chi connectivity index (χ1) is 13.3. The summed E-state index contributed by atoms with van der Waals surface area (Å²) in [7, 11) is 0. The number of aromatic nitrogens is 2. The fraction of sp³-hybridized carbons (Fsp3) is 0.421. The highest BCUT2D eigenvalue weighted by atomic mass is 19.4. The Morgan fingerprint density at radius 1 is 1.21 bits per heavy atom. The summed E-state index contributed by atoms with van der Waals surface area (Å²) in [4.78, 5) is 18.6. The van der Waals surface area contributed by atoms with Gasteiger partial charge in [0.15, 0.2) is 5.69 Å². The van der Waals surface area contributed by atoms with E-state index in [2.05, 4.69) is 15.2 Å². The van der Waals surface area contributed by atoms with E-state index in [0.29, 0.717) is 50.7 Å². The van der Waals surface area contributed by atoms with Crippen LogP contribution in [0.1, 0.15) is 51.6 Å². The summed E-state index contributed by atoms with van der Waals surface area (Å²) >= 11 is 0. The van der Waals surface area contributed by atoms with Gasteiger partial charge in [-0.05, 0) is 42.9 Å². The number of rotatable bonds is 2. The lowest BCUT2D eigenvalue weighted by atomic mass is 9.86. The van der Waals surface area contributed by atoms with Crippen LogP contribution in [-0.2, 0) is 12.6 Å². The number of nitrogens with zero attached hydrogens (tertiary/aromatic N) is 3. The minimum absolute atomic E-state index is 0.0920. The summed E-state index contributed by atoms with van der Waals surface area (Å²) in [6.45, 7) is 1.25. The van der Waals surface area contributed by atoms with Crippen molar-refractivity contribution < 1.29 is 22.4 Å². The Labute approximate surface area is 158 Å². The van der Waals surface area contributed by atoms with E-state index in [1.54, 1.807) is 11.1 Å². The lowest BCUT2D eigenvalue weighted by Crippen LogP contribution is -2.39. The van der Waals surface area contributed by atoms with Gasteiger partial charge in [-0.15, -0.1) is 0 Å². The van der Waals surface area contributed by atoms with E-state index in [-0.39, 0.29) is 17.4 Å². The molecule has 2 aromatic rings. The third-order valence-corrected chi connectivity index (χ3v) is 5.36. The second-order valence-corrected chi connectivity index (χ2v) is 7.05. The summed E-state index contributed by atoms with van der Waals surface area (Å²) in [5, 5.41) is 6.91. The average molecular weight is 394 g/mol. The van der Waals surface area contributed by atoms with Crippen LogP contribution in [-0.4, -0.2) is 46.9 Å². The molecule has 1 N–H and O–H groups in total. The first kappa shape index (κ1) is 18.6. The van der Waals surface area contributed by atoms with Crippen LogP contribution in [0.5, 0.6) is 0 Å². The van der Waals surface area contributed by atoms with Crippen molar-refractivity contribution in [3.05, 3.63) is 52.1 Å². The lowest BCUT2D eigenvalue weighted by molar-refractivity contribution is -0.138. The highest BCUT2D eigenvalue weighted by molar-refractivity contribution is 5.96. The Bertz CT molecular complexity index is 927. The van der Waals surface area contributed by atoms with E-state index in [4.69, 9.17) is 0 Å². The van der Waals surface area contributed by atoms with Crippen LogP contribution in [0.15, 0.2) is 23.2 Å². The molecule has 1 amide bonds. The number of hydrogen-bond acceptors (Lipinski definition) is 3. The van der Waals surface area contributed by atoms with Gasteiger partial charge in [0.25, 0.3) is 5.91 Å². The molecule has 3 heterocycles. The Morgan fingerprint density at radius 2 is 1.96 bits per heavy atom. The third-order valence-electron chi connectivity index (χ3n) is 5.36. The highest BCUT2D eigenvalue weighted by Gasteiger charge is 2.37. The molecule has 148 valence electrons. The normalized spacial score (nSPS) is 17.6. The molecule has 1 saturated heterocycles. The number of amides is 1. The average Bonchev–Trinajstić information content (AvgIpc) is 3.11. The summed E-state index contributed by atoms with van der Waals surface area (Å²) in [5.74, 6) is -1.50. The molecule has 0 spiro atoms. The number of aromatic amines is 1. The third kappa shape index (κ3) is 3.41. The molecule has 0 atom stereocenters. The van der Waals surface area contributed by atoms with Crippen molar-refractivity contribution >= 4 is 12.1 Å².